The van der Waals surface area contributed by atoms with Crippen LogP contribution in [0.25, 0.3) is 0 Å². The van der Waals surface area contributed by atoms with Crippen LogP contribution < -0.4 is 0 Å². The summed E-state index contributed by atoms with van der Waals surface area (Å²) >= 11 is 0. The Kier molecular flexibility index (Phi) is 4.88. The van der Waals surface area contributed by atoms with E-state index in [1.54, 1.807) is 26.9 Å². The summed E-state index contributed by atoms with van der Waals surface area (Å²) in [5, 5.41) is 4.17. The van der Waals surface area contributed by atoms with Gasteiger partial charge in [0, 0.05) is 31.9 Å². The lowest BCUT2D eigenvalue weighted by atomic mass is 9.94. The van der Waals surface area contributed by atoms with Crippen molar-refractivity contribution in [3.63, 3.8) is 0 Å². The lowest BCUT2D eigenvalue weighted by molar-refractivity contribution is -0.130. The second kappa shape index (κ2) is 7.32. The normalized spacial score (nSPS) is 24.3. The Morgan fingerprint density at radius 2 is 1.93 bits per heavy atom. The van der Waals surface area contributed by atoms with Gasteiger partial charge in [-0.15, -0.1) is 0 Å². The summed E-state index contributed by atoms with van der Waals surface area (Å²) in [6.45, 7) is 4.01. The van der Waals surface area contributed by atoms with E-state index in [4.69, 9.17) is 0 Å². The number of imide groups is 1. The van der Waals surface area contributed by atoms with Crippen molar-refractivity contribution in [3.05, 3.63) is 18.0 Å². The zero-order valence-electron chi connectivity index (χ0n) is 15.8. The molecule has 27 heavy (non-hydrogen) atoms. The highest BCUT2D eigenvalue weighted by Crippen LogP contribution is 2.30. The summed E-state index contributed by atoms with van der Waals surface area (Å²) in [5.41, 5.74) is 0.534. The van der Waals surface area contributed by atoms with Gasteiger partial charge in [0.25, 0.3) is 11.8 Å². The predicted molar refractivity (Wildman–Crippen MR) is 98.0 cm³/mol. The fraction of sp³-hybridized carbons (Fsp3) is 0.684. The number of amides is 4. The molecule has 146 valence electrons. The standard InChI is InChI=1S/C19H27N5O3/c1-2-22-12-14(11-20-22)17(25)21-9-6-10-23-16(13-21)18(26)24(19(23)27)15-7-4-3-5-8-15/h11-12,15-16H,2-10,13H2,1H3. The Balaban J connectivity index is 1.51. The minimum Gasteiger partial charge on any atom is -0.336 e. The molecule has 1 aromatic heterocycles. The van der Waals surface area contributed by atoms with Crippen molar-refractivity contribution >= 4 is 17.8 Å². The molecule has 3 heterocycles. The summed E-state index contributed by atoms with van der Waals surface area (Å²) in [7, 11) is 0. The number of fused-ring (bicyclic) bond motifs is 1. The maximum atomic E-state index is 13.1. The van der Waals surface area contributed by atoms with Gasteiger partial charge in [0.2, 0.25) is 0 Å². The molecule has 1 unspecified atom stereocenters. The average Bonchev–Trinajstić information content (AvgIpc) is 3.17. The van der Waals surface area contributed by atoms with Crippen molar-refractivity contribution in [2.24, 2.45) is 0 Å². The largest absolute Gasteiger partial charge is 0.336 e. The molecule has 8 heteroatoms. The maximum Gasteiger partial charge on any atom is 0.327 e. The van der Waals surface area contributed by atoms with Crippen molar-refractivity contribution in [3.8, 4) is 0 Å². The molecule has 1 aliphatic carbocycles. The quantitative estimate of drug-likeness (QED) is 0.756. The van der Waals surface area contributed by atoms with Crippen molar-refractivity contribution in [2.75, 3.05) is 19.6 Å². The number of hydrogen-bond donors (Lipinski definition) is 0. The first-order valence-corrected chi connectivity index (χ1v) is 10.1. The highest BCUT2D eigenvalue weighted by molar-refractivity contribution is 6.05. The number of rotatable bonds is 3. The van der Waals surface area contributed by atoms with Gasteiger partial charge in [0.1, 0.15) is 6.04 Å². The molecular weight excluding hydrogens is 346 g/mol. The zero-order valence-corrected chi connectivity index (χ0v) is 15.8. The second-order valence-corrected chi connectivity index (χ2v) is 7.68. The van der Waals surface area contributed by atoms with Crippen LogP contribution in [0.15, 0.2) is 12.4 Å². The van der Waals surface area contributed by atoms with Gasteiger partial charge in [-0.05, 0) is 26.2 Å². The fourth-order valence-electron chi connectivity index (χ4n) is 4.51. The van der Waals surface area contributed by atoms with E-state index in [1.165, 1.54) is 11.3 Å². The Bertz CT molecular complexity index is 739. The minimum atomic E-state index is -0.549. The molecule has 8 nitrogen and oxygen atoms in total. The van der Waals surface area contributed by atoms with Crippen LogP contribution in [0.1, 0.15) is 55.8 Å². The Hall–Kier alpha value is -2.38. The molecule has 3 aliphatic rings. The van der Waals surface area contributed by atoms with Crippen molar-refractivity contribution in [1.29, 1.82) is 0 Å². The van der Waals surface area contributed by atoms with Crippen molar-refractivity contribution in [1.82, 2.24) is 24.5 Å². The van der Waals surface area contributed by atoms with Gasteiger partial charge in [-0.25, -0.2) is 4.79 Å². The molecule has 0 N–H and O–H groups in total. The summed E-state index contributed by atoms with van der Waals surface area (Å²) < 4.78 is 1.71. The van der Waals surface area contributed by atoms with Gasteiger partial charge in [0.15, 0.2) is 0 Å². The molecular formula is C19H27N5O3. The van der Waals surface area contributed by atoms with Crippen LogP contribution in [-0.2, 0) is 11.3 Å². The zero-order chi connectivity index (χ0) is 19.0. The first kappa shape index (κ1) is 18.0. The lowest BCUT2D eigenvalue weighted by Crippen LogP contribution is -2.45. The van der Waals surface area contributed by atoms with Crippen LogP contribution in [0.4, 0.5) is 4.79 Å². The van der Waals surface area contributed by atoms with Crippen LogP contribution in [0.5, 0.6) is 0 Å². The van der Waals surface area contributed by atoms with Crippen molar-refractivity contribution in [2.45, 2.75) is 64.1 Å². The third-order valence-electron chi connectivity index (χ3n) is 6.00. The summed E-state index contributed by atoms with van der Waals surface area (Å²) in [6.07, 6.45) is 9.10. The molecule has 1 atom stereocenters. The average molecular weight is 373 g/mol. The summed E-state index contributed by atoms with van der Waals surface area (Å²) in [6, 6.07) is -0.685. The number of carbonyl (C=O) groups is 3. The van der Waals surface area contributed by atoms with Gasteiger partial charge in [-0.1, -0.05) is 19.3 Å². The monoisotopic (exact) mass is 373 g/mol. The molecule has 4 amide bonds. The molecule has 1 aromatic rings. The fourth-order valence-corrected chi connectivity index (χ4v) is 4.51. The molecule has 3 fully saturated rings. The molecule has 4 rings (SSSR count). The molecule has 1 saturated carbocycles. The van der Waals surface area contributed by atoms with Gasteiger partial charge < -0.3 is 9.80 Å². The SMILES string of the molecule is CCn1cc(C(=O)N2CCCN3C(=O)N(C4CCCCC4)C(=O)C3C2)cn1. The van der Waals surface area contributed by atoms with E-state index in [0.717, 1.165) is 25.7 Å². The van der Waals surface area contributed by atoms with E-state index in [0.29, 0.717) is 31.6 Å². The Morgan fingerprint density at radius 1 is 1.15 bits per heavy atom. The summed E-state index contributed by atoms with van der Waals surface area (Å²) in [5.74, 6) is -0.247. The van der Waals surface area contributed by atoms with Gasteiger partial charge in [-0.3, -0.25) is 19.2 Å². The molecule has 0 bridgehead atoms. The van der Waals surface area contributed by atoms with Crippen LogP contribution >= 0.6 is 0 Å². The van der Waals surface area contributed by atoms with Gasteiger partial charge in [-0.2, -0.15) is 5.10 Å². The highest BCUT2D eigenvalue weighted by atomic mass is 16.2. The maximum absolute atomic E-state index is 13.1. The third kappa shape index (κ3) is 3.21. The van der Waals surface area contributed by atoms with Crippen LogP contribution in [-0.4, -0.2) is 74.0 Å². The van der Waals surface area contributed by atoms with E-state index in [-0.39, 0.29) is 30.4 Å². The lowest BCUT2D eigenvalue weighted by Gasteiger charge is -2.29. The third-order valence-corrected chi connectivity index (χ3v) is 6.00. The van der Waals surface area contributed by atoms with Crippen LogP contribution in [0.2, 0.25) is 0 Å². The molecule has 0 aromatic carbocycles. The molecule has 0 radical (unpaired) electrons. The van der Waals surface area contributed by atoms with E-state index in [2.05, 4.69) is 5.10 Å². The first-order chi connectivity index (χ1) is 13.1. The van der Waals surface area contributed by atoms with Crippen LogP contribution in [0, 0.1) is 0 Å². The van der Waals surface area contributed by atoms with E-state index >= 15 is 0 Å². The highest BCUT2D eigenvalue weighted by Gasteiger charge is 2.49. The molecule has 2 aliphatic heterocycles. The van der Waals surface area contributed by atoms with E-state index in [9.17, 15) is 14.4 Å². The summed E-state index contributed by atoms with van der Waals surface area (Å²) in [4.78, 5) is 43.7. The van der Waals surface area contributed by atoms with Crippen molar-refractivity contribution < 1.29 is 14.4 Å². The predicted octanol–water partition coefficient (Wildman–Crippen LogP) is 1.71. The smallest absolute Gasteiger partial charge is 0.327 e. The number of aromatic nitrogens is 2. The molecule has 0 spiro atoms. The second-order valence-electron chi connectivity index (χ2n) is 7.68. The van der Waals surface area contributed by atoms with Crippen LogP contribution in [0.3, 0.4) is 0 Å². The topological polar surface area (TPSA) is 78.8 Å². The number of hydrogen-bond acceptors (Lipinski definition) is 4. The number of urea groups is 1. The first-order valence-electron chi connectivity index (χ1n) is 10.1. The Labute approximate surface area is 159 Å². The number of carbonyl (C=O) groups excluding carboxylic acids is 3. The Morgan fingerprint density at radius 3 is 2.63 bits per heavy atom. The number of aryl methyl sites for hydroxylation is 1. The minimum absolute atomic E-state index is 0.0256. The molecule has 2 saturated heterocycles. The van der Waals surface area contributed by atoms with E-state index in [1.807, 2.05) is 6.92 Å². The van der Waals surface area contributed by atoms with Gasteiger partial charge >= 0.3 is 6.03 Å². The number of nitrogens with zero attached hydrogens (tertiary/aromatic N) is 5. The van der Waals surface area contributed by atoms with Gasteiger partial charge in [0.05, 0.1) is 18.3 Å². The van der Waals surface area contributed by atoms with E-state index < -0.39 is 6.04 Å².